The van der Waals surface area contributed by atoms with Crippen molar-refractivity contribution < 1.29 is 15.0 Å². The van der Waals surface area contributed by atoms with Gasteiger partial charge >= 0.3 is 0 Å². The SMILES string of the molecule is O=CCc1cccc(O)c1CO. The molecule has 0 fully saturated rings. The largest absolute Gasteiger partial charge is 0.508 e. The minimum absolute atomic E-state index is 0.0388. The highest BCUT2D eigenvalue weighted by molar-refractivity contribution is 5.57. The molecular weight excluding hydrogens is 156 g/mol. The fourth-order valence-corrected chi connectivity index (χ4v) is 1.08. The molecule has 0 aromatic heterocycles. The van der Waals surface area contributed by atoms with Crippen LogP contribution in [0.25, 0.3) is 0 Å². The molecule has 1 rings (SSSR count). The van der Waals surface area contributed by atoms with Crippen LogP contribution in [-0.4, -0.2) is 16.5 Å². The van der Waals surface area contributed by atoms with Gasteiger partial charge in [0.15, 0.2) is 0 Å². The number of benzene rings is 1. The molecule has 0 unspecified atom stereocenters. The summed E-state index contributed by atoms with van der Waals surface area (Å²) in [5.41, 5.74) is 1.11. The van der Waals surface area contributed by atoms with Gasteiger partial charge in [-0.3, -0.25) is 0 Å². The minimum atomic E-state index is -0.240. The molecule has 1 aromatic rings. The molecule has 0 radical (unpaired) electrons. The lowest BCUT2D eigenvalue weighted by atomic mass is 10.1. The Hall–Kier alpha value is -1.35. The first kappa shape index (κ1) is 8.74. The van der Waals surface area contributed by atoms with Crippen molar-refractivity contribution in [2.45, 2.75) is 13.0 Å². The fraction of sp³-hybridized carbons (Fsp3) is 0.222. The summed E-state index contributed by atoms with van der Waals surface area (Å²) in [5.74, 6) is 0.0388. The molecule has 0 saturated carbocycles. The maximum absolute atomic E-state index is 10.2. The molecule has 0 aliphatic carbocycles. The summed E-state index contributed by atoms with van der Waals surface area (Å²) in [5, 5.41) is 18.1. The zero-order chi connectivity index (χ0) is 8.97. The highest BCUT2D eigenvalue weighted by Gasteiger charge is 2.04. The van der Waals surface area contributed by atoms with E-state index >= 15 is 0 Å². The topological polar surface area (TPSA) is 57.5 Å². The molecule has 0 saturated heterocycles. The summed E-state index contributed by atoms with van der Waals surface area (Å²) in [7, 11) is 0. The number of aldehydes is 1. The fourth-order valence-electron chi connectivity index (χ4n) is 1.08. The Morgan fingerprint density at radius 2 is 2.17 bits per heavy atom. The Morgan fingerprint density at radius 1 is 1.42 bits per heavy atom. The van der Waals surface area contributed by atoms with Crippen LogP contribution in [0.3, 0.4) is 0 Å². The zero-order valence-electron chi connectivity index (χ0n) is 6.53. The molecule has 0 aliphatic heterocycles. The van der Waals surface area contributed by atoms with Crippen LogP contribution in [0.4, 0.5) is 0 Å². The van der Waals surface area contributed by atoms with Crippen molar-refractivity contribution in [3.63, 3.8) is 0 Å². The number of hydrogen-bond donors (Lipinski definition) is 2. The Morgan fingerprint density at radius 3 is 2.75 bits per heavy atom. The van der Waals surface area contributed by atoms with E-state index in [0.717, 1.165) is 6.29 Å². The molecule has 0 spiro atoms. The smallest absolute Gasteiger partial charge is 0.124 e. The van der Waals surface area contributed by atoms with E-state index in [0.29, 0.717) is 11.1 Å². The number of carbonyl (C=O) groups is 1. The van der Waals surface area contributed by atoms with Crippen molar-refractivity contribution in [1.29, 1.82) is 0 Å². The summed E-state index contributed by atoms with van der Waals surface area (Å²) in [6.45, 7) is -0.240. The molecule has 64 valence electrons. The van der Waals surface area contributed by atoms with Gasteiger partial charge in [0.2, 0.25) is 0 Å². The number of hydrogen-bond acceptors (Lipinski definition) is 3. The number of carbonyl (C=O) groups excluding carboxylic acids is 1. The van der Waals surface area contributed by atoms with Gasteiger partial charge in [-0.2, -0.15) is 0 Å². The Balaban J connectivity index is 3.08. The zero-order valence-corrected chi connectivity index (χ0v) is 6.53. The lowest BCUT2D eigenvalue weighted by Gasteiger charge is -2.05. The Labute approximate surface area is 70.3 Å². The monoisotopic (exact) mass is 166 g/mol. The predicted molar refractivity (Wildman–Crippen MR) is 43.8 cm³/mol. The van der Waals surface area contributed by atoms with E-state index in [1.54, 1.807) is 12.1 Å². The minimum Gasteiger partial charge on any atom is -0.508 e. The van der Waals surface area contributed by atoms with E-state index in [1.165, 1.54) is 6.07 Å². The summed E-state index contributed by atoms with van der Waals surface area (Å²) < 4.78 is 0. The molecule has 0 bridgehead atoms. The van der Waals surface area contributed by atoms with Crippen LogP contribution in [0, 0.1) is 0 Å². The highest BCUT2D eigenvalue weighted by atomic mass is 16.3. The average Bonchev–Trinajstić information content (AvgIpc) is 2.05. The van der Waals surface area contributed by atoms with Crippen LogP contribution < -0.4 is 0 Å². The van der Waals surface area contributed by atoms with E-state index < -0.39 is 0 Å². The lowest BCUT2D eigenvalue weighted by Crippen LogP contribution is -1.95. The molecule has 3 nitrogen and oxygen atoms in total. The van der Waals surface area contributed by atoms with Gasteiger partial charge in [0.1, 0.15) is 12.0 Å². The van der Waals surface area contributed by atoms with Crippen LogP contribution in [0.1, 0.15) is 11.1 Å². The van der Waals surface area contributed by atoms with Crippen LogP contribution in [0.5, 0.6) is 5.75 Å². The van der Waals surface area contributed by atoms with Gasteiger partial charge in [0.25, 0.3) is 0 Å². The van der Waals surface area contributed by atoms with Crippen molar-refractivity contribution in [3.05, 3.63) is 29.3 Å². The number of aliphatic hydroxyl groups is 1. The first-order chi connectivity index (χ1) is 5.79. The van der Waals surface area contributed by atoms with Gasteiger partial charge in [-0.1, -0.05) is 12.1 Å². The van der Waals surface area contributed by atoms with Crippen molar-refractivity contribution in [1.82, 2.24) is 0 Å². The van der Waals surface area contributed by atoms with Gasteiger partial charge in [0.05, 0.1) is 6.61 Å². The molecule has 0 amide bonds. The molecule has 12 heavy (non-hydrogen) atoms. The second-order valence-electron chi connectivity index (χ2n) is 2.44. The van der Waals surface area contributed by atoms with Crippen molar-refractivity contribution in [3.8, 4) is 5.75 Å². The van der Waals surface area contributed by atoms with Gasteiger partial charge in [-0.25, -0.2) is 0 Å². The Bertz CT molecular complexity index is 281. The van der Waals surface area contributed by atoms with Crippen LogP contribution in [0.2, 0.25) is 0 Å². The highest BCUT2D eigenvalue weighted by Crippen LogP contribution is 2.20. The van der Waals surface area contributed by atoms with E-state index in [1.807, 2.05) is 0 Å². The summed E-state index contributed by atoms with van der Waals surface area (Å²) in [6.07, 6.45) is 0.970. The maximum atomic E-state index is 10.2. The third-order valence-electron chi connectivity index (χ3n) is 1.71. The summed E-state index contributed by atoms with van der Waals surface area (Å²) in [6, 6.07) is 4.84. The van der Waals surface area contributed by atoms with Crippen LogP contribution in [0.15, 0.2) is 18.2 Å². The predicted octanol–water partition coefficient (Wildman–Crippen LogP) is 0.626. The number of rotatable bonds is 3. The number of aromatic hydroxyl groups is 1. The molecule has 0 heterocycles. The normalized spacial score (nSPS) is 9.75. The number of phenols is 1. The molecule has 2 N–H and O–H groups in total. The second-order valence-corrected chi connectivity index (χ2v) is 2.44. The van der Waals surface area contributed by atoms with Crippen molar-refractivity contribution >= 4 is 6.29 Å². The van der Waals surface area contributed by atoms with Crippen LogP contribution >= 0.6 is 0 Å². The van der Waals surface area contributed by atoms with E-state index in [2.05, 4.69) is 0 Å². The summed E-state index contributed by atoms with van der Waals surface area (Å²) >= 11 is 0. The first-order valence-electron chi connectivity index (χ1n) is 3.63. The van der Waals surface area contributed by atoms with Gasteiger partial charge < -0.3 is 15.0 Å². The first-order valence-corrected chi connectivity index (χ1v) is 3.63. The average molecular weight is 166 g/mol. The quantitative estimate of drug-likeness (QED) is 0.647. The molecule has 1 aromatic carbocycles. The summed E-state index contributed by atoms with van der Waals surface area (Å²) in [4.78, 5) is 10.2. The van der Waals surface area contributed by atoms with E-state index in [-0.39, 0.29) is 18.8 Å². The molecule has 3 heteroatoms. The Kier molecular flexibility index (Phi) is 2.82. The van der Waals surface area contributed by atoms with Crippen LogP contribution in [-0.2, 0) is 17.8 Å². The van der Waals surface area contributed by atoms with E-state index in [4.69, 9.17) is 5.11 Å². The number of aliphatic hydroxyl groups excluding tert-OH is 1. The van der Waals surface area contributed by atoms with Crippen molar-refractivity contribution in [2.75, 3.05) is 0 Å². The third kappa shape index (κ3) is 1.62. The third-order valence-corrected chi connectivity index (χ3v) is 1.71. The van der Waals surface area contributed by atoms with Gasteiger partial charge in [-0.05, 0) is 11.6 Å². The standard InChI is InChI=1S/C9H10O3/c10-5-4-7-2-1-3-9(12)8(7)6-11/h1-3,5,11-12H,4,6H2. The van der Waals surface area contributed by atoms with Gasteiger partial charge in [0, 0.05) is 12.0 Å². The molecular formula is C9H10O3. The molecule has 0 aliphatic rings. The second kappa shape index (κ2) is 3.88. The van der Waals surface area contributed by atoms with E-state index in [9.17, 15) is 9.90 Å². The maximum Gasteiger partial charge on any atom is 0.124 e. The molecule has 0 atom stereocenters. The lowest BCUT2D eigenvalue weighted by molar-refractivity contribution is -0.107. The van der Waals surface area contributed by atoms with Gasteiger partial charge in [-0.15, -0.1) is 0 Å². The van der Waals surface area contributed by atoms with Crippen molar-refractivity contribution in [2.24, 2.45) is 0 Å².